The molecule has 11 rings (SSSR count). The van der Waals surface area contributed by atoms with Crippen molar-refractivity contribution >= 4 is 69.8 Å². The molecule has 65 heavy (non-hydrogen) atoms. The number of nitrogens with zero attached hydrogens (tertiary/aromatic N) is 2. The lowest BCUT2D eigenvalue weighted by Gasteiger charge is -2.28. The van der Waals surface area contributed by atoms with E-state index in [2.05, 4.69) is 268 Å². The molecular formula is C62H50N2S. The van der Waals surface area contributed by atoms with Gasteiger partial charge in [0.2, 0.25) is 0 Å². The predicted octanol–water partition coefficient (Wildman–Crippen LogP) is 17.6. The SMILES string of the molecule is CC1(C)c2cc(C=Cc3ccc(C=Cc4ccc5c(c4)C(C)(C)c4cc(N(c6ccccc6)c6ccccc6)ccc4-5)s3)ccc2-c2ccc(N(c3ccccc3)c3ccccc3)cc21. The Labute approximate surface area is 387 Å². The zero-order valence-electron chi connectivity index (χ0n) is 37.2. The summed E-state index contributed by atoms with van der Waals surface area (Å²) in [5, 5.41) is 0. The lowest BCUT2D eigenvalue weighted by molar-refractivity contribution is 0.660. The van der Waals surface area contributed by atoms with E-state index in [1.807, 2.05) is 11.3 Å². The van der Waals surface area contributed by atoms with Crippen LogP contribution in [0.15, 0.2) is 206 Å². The minimum absolute atomic E-state index is 0.144. The minimum Gasteiger partial charge on any atom is -0.310 e. The molecule has 9 aromatic rings. The Kier molecular flexibility index (Phi) is 10.1. The van der Waals surface area contributed by atoms with Crippen molar-refractivity contribution in [2.24, 2.45) is 0 Å². The van der Waals surface area contributed by atoms with E-state index in [9.17, 15) is 0 Å². The van der Waals surface area contributed by atoms with Crippen LogP contribution in [0.1, 0.15) is 70.8 Å². The first-order valence-corrected chi connectivity index (χ1v) is 23.4. The van der Waals surface area contributed by atoms with Crippen LogP contribution in [0.5, 0.6) is 0 Å². The molecule has 2 aliphatic rings. The molecule has 314 valence electrons. The van der Waals surface area contributed by atoms with Crippen LogP contribution in [0.2, 0.25) is 0 Å². The highest BCUT2D eigenvalue weighted by Gasteiger charge is 2.37. The molecule has 2 nitrogen and oxygen atoms in total. The summed E-state index contributed by atoms with van der Waals surface area (Å²) >= 11 is 1.82. The molecule has 2 aliphatic carbocycles. The molecule has 0 radical (unpaired) electrons. The molecule has 0 fully saturated rings. The van der Waals surface area contributed by atoms with Gasteiger partial charge >= 0.3 is 0 Å². The van der Waals surface area contributed by atoms with E-state index >= 15 is 0 Å². The van der Waals surface area contributed by atoms with Gasteiger partial charge in [-0.1, -0.05) is 161 Å². The number of para-hydroxylation sites is 4. The monoisotopic (exact) mass is 854 g/mol. The molecule has 0 atom stereocenters. The first-order valence-electron chi connectivity index (χ1n) is 22.6. The van der Waals surface area contributed by atoms with Gasteiger partial charge in [0, 0.05) is 54.7 Å². The first-order chi connectivity index (χ1) is 31.7. The Hall–Kier alpha value is -7.46. The van der Waals surface area contributed by atoms with Crippen LogP contribution in [0, 0.1) is 0 Å². The third-order valence-corrected chi connectivity index (χ3v) is 14.5. The molecule has 0 unspecified atom stereocenters. The number of anilines is 6. The van der Waals surface area contributed by atoms with Gasteiger partial charge in [-0.15, -0.1) is 11.3 Å². The second kappa shape index (κ2) is 16.3. The van der Waals surface area contributed by atoms with Crippen molar-refractivity contribution in [3.8, 4) is 22.3 Å². The molecule has 1 aromatic heterocycles. The summed E-state index contributed by atoms with van der Waals surface area (Å²) in [6.45, 7) is 9.47. The normalized spacial score (nSPS) is 14.0. The second-order valence-electron chi connectivity index (χ2n) is 18.2. The van der Waals surface area contributed by atoms with Crippen molar-refractivity contribution < 1.29 is 0 Å². The number of hydrogen-bond acceptors (Lipinski definition) is 3. The van der Waals surface area contributed by atoms with Gasteiger partial charge in [-0.2, -0.15) is 0 Å². The van der Waals surface area contributed by atoms with Crippen LogP contribution in [0.4, 0.5) is 34.1 Å². The molecule has 0 saturated heterocycles. The summed E-state index contributed by atoms with van der Waals surface area (Å²) in [4.78, 5) is 7.18. The average molecular weight is 855 g/mol. The highest BCUT2D eigenvalue weighted by molar-refractivity contribution is 7.13. The highest BCUT2D eigenvalue weighted by atomic mass is 32.1. The van der Waals surface area contributed by atoms with E-state index in [1.54, 1.807) is 0 Å². The van der Waals surface area contributed by atoms with Gasteiger partial charge in [-0.3, -0.25) is 0 Å². The maximum atomic E-state index is 2.40. The molecule has 8 aromatic carbocycles. The molecule has 0 amide bonds. The maximum absolute atomic E-state index is 2.40. The largest absolute Gasteiger partial charge is 0.310 e. The summed E-state index contributed by atoms with van der Waals surface area (Å²) < 4.78 is 0. The molecule has 0 spiro atoms. The Morgan fingerprint density at radius 1 is 0.308 bits per heavy atom. The fourth-order valence-electron chi connectivity index (χ4n) is 10.1. The maximum Gasteiger partial charge on any atom is 0.0465 e. The van der Waals surface area contributed by atoms with Crippen molar-refractivity contribution in [2.75, 3.05) is 9.80 Å². The lowest BCUT2D eigenvalue weighted by atomic mass is 9.81. The van der Waals surface area contributed by atoms with E-state index in [1.165, 1.54) is 76.8 Å². The molecule has 0 aliphatic heterocycles. The van der Waals surface area contributed by atoms with Crippen LogP contribution in [-0.2, 0) is 10.8 Å². The van der Waals surface area contributed by atoms with Gasteiger partial charge in [0.25, 0.3) is 0 Å². The lowest BCUT2D eigenvalue weighted by Crippen LogP contribution is -2.16. The molecule has 1 heterocycles. The van der Waals surface area contributed by atoms with Gasteiger partial charge in [-0.25, -0.2) is 0 Å². The fourth-order valence-corrected chi connectivity index (χ4v) is 10.9. The van der Waals surface area contributed by atoms with Gasteiger partial charge < -0.3 is 9.80 Å². The standard InChI is InChI=1S/C62H50N2S/c1-61(2)57-39-43(27-35-53(57)55-37-29-49(41-59(55)61)63(45-17-9-5-10-18-45)46-19-11-6-12-20-46)25-31-51-33-34-52(65-51)32-26-44-28-36-54-56-38-30-50(42-60(56)62(3,4)58(54)40-44)64(47-21-13-7-14-22-47)48-23-15-8-16-24-48/h5-42H,1-4H3. The van der Waals surface area contributed by atoms with E-state index in [4.69, 9.17) is 0 Å². The zero-order valence-corrected chi connectivity index (χ0v) is 38.1. The van der Waals surface area contributed by atoms with Crippen molar-refractivity contribution in [1.29, 1.82) is 0 Å². The topological polar surface area (TPSA) is 6.48 Å². The van der Waals surface area contributed by atoms with Gasteiger partial charge in [0.15, 0.2) is 0 Å². The predicted molar refractivity (Wildman–Crippen MR) is 280 cm³/mol. The van der Waals surface area contributed by atoms with Crippen LogP contribution in [-0.4, -0.2) is 0 Å². The first kappa shape index (κ1) is 40.3. The Morgan fingerprint density at radius 2 is 0.615 bits per heavy atom. The number of rotatable bonds is 10. The van der Waals surface area contributed by atoms with E-state index in [0.717, 1.165) is 22.7 Å². The van der Waals surface area contributed by atoms with Crippen LogP contribution in [0.25, 0.3) is 46.6 Å². The minimum atomic E-state index is -0.144. The third-order valence-electron chi connectivity index (χ3n) is 13.5. The Morgan fingerprint density at radius 3 is 0.954 bits per heavy atom. The number of benzene rings is 8. The number of fused-ring (bicyclic) bond motifs is 6. The number of hydrogen-bond donors (Lipinski definition) is 0. The van der Waals surface area contributed by atoms with Crippen molar-refractivity contribution in [3.05, 3.63) is 249 Å². The summed E-state index contributed by atoms with van der Waals surface area (Å²) in [7, 11) is 0. The summed E-state index contributed by atoms with van der Waals surface area (Å²) in [6.07, 6.45) is 9.05. The Balaban J connectivity index is 0.809. The number of thiophene rings is 1. The molecular weight excluding hydrogens is 805 g/mol. The fraction of sp³-hybridized carbons (Fsp3) is 0.0968. The van der Waals surface area contributed by atoms with Gasteiger partial charge in [0.05, 0.1) is 0 Å². The van der Waals surface area contributed by atoms with E-state index in [-0.39, 0.29) is 10.8 Å². The summed E-state index contributed by atoms with van der Waals surface area (Å²) in [5.41, 5.74) is 19.8. The zero-order chi connectivity index (χ0) is 44.1. The Bertz CT molecular complexity index is 2950. The van der Waals surface area contributed by atoms with Crippen LogP contribution < -0.4 is 9.80 Å². The second-order valence-corrected chi connectivity index (χ2v) is 19.4. The quantitative estimate of drug-likeness (QED) is 0.135. The van der Waals surface area contributed by atoms with E-state index in [0.29, 0.717) is 0 Å². The van der Waals surface area contributed by atoms with E-state index < -0.39 is 0 Å². The van der Waals surface area contributed by atoms with Crippen molar-refractivity contribution in [3.63, 3.8) is 0 Å². The van der Waals surface area contributed by atoms with Gasteiger partial charge in [-0.05, 0) is 153 Å². The summed E-state index contributed by atoms with van der Waals surface area (Å²) in [5.74, 6) is 0. The summed E-state index contributed by atoms with van der Waals surface area (Å²) in [6, 6.07) is 75.0. The molecule has 0 N–H and O–H groups in total. The molecule has 0 saturated carbocycles. The van der Waals surface area contributed by atoms with Crippen LogP contribution >= 0.6 is 11.3 Å². The highest BCUT2D eigenvalue weighted by Crippen LogP contribution is 2.53. The van der Waals surface area contributed by atoms with Crippen LogP contribution in [0.3, 0.4) is 0 Å². The van der Waals surface area contributed by atoms with Gasteiger partial charge in [0.1, 0.15) is 0 Å². The molecule has 0 bridgehead atoms. The average Bonchev–Trinajstić information content (AvgIpc) is 3.97. The molecule has 3 heteroatoms. The van der Waals surface area contributed by atoms with Crippen molar-refractivity contribution in [2.45, 2.75) is 38.5 Å². The van der Waals surface area contributed by atoms with Crippen molar-refractivity contribution in [1.82, 2.24) is 0 Å². The third kappa shape index (κ3) is 7.32. The smallest absolute Gasteiger partial charge is 0.0465 e.